The van der Waals surface area contributed by atoms with Crippen molar-refractivity contribution in [3.05, 3.63) is 47.4 Å². The number of anilines is 1. The molecule has 1 amide bonds. The van der Waals surface area contributed by atoms with E-state index in [-0.39, 0.29) is 11.7 Å². The number of aryl methyl sites for hydroxylation is 1. The number of nitrogens with zero attached hydrogens (tertiary/aromatic N) is 3. The van der Waals surface area contributed by atoms with Gasteiger partial charge in [-0.25, -0.2) is 0 Å². The van der Waals surface area contributed by atoms with Gasteiger partial charge in [-0.15, -0.1) is 10.2 Å². The molecule has 3 aromatic rings. The van der Waals surface area contributed by atoms with Crippen molar-refractivity contribution in [1.29, 1.82) is 0 Å². The number of aromatic nitrogens is 3. The number of benzene rings is 1. The molecule has 0 bridgehead atoms. The van der Waals surface area contributed by atoms with E-state index < -0.39 is 0 Å². The van der Waals surface area contributed by atoms with Gasteiger partial charge in [0.2, 0.25) is 5.91 Å². The minimum Gasteiger partial charge on any atom is -0.469 e. The molecule has 148 valence electrons. The molecule has 0 saturated carbocycles. The second-order valence-corrected chi connectivity index (χ2v) is 7.42. The summed E-state index contributed by atoms with van der Waals surface area (Å²) in [6.07, 6.45) is 2.44. The Kier molecular flexibility index (Phi) is 7.13. The Bertz CT molecular complexity index is 941. The summed E-state index contributed by atoms with van der Waals surface area (Å²) < 4.78 is 12.5. The van der Waals surface area contributed by atoms with Crippen molar-refractivity contribution in [1.82, 2.24) is 14.8 Å². The number of thioether (sulfide) groups is 1. The maximum Gasteiger partial charge on any atom is 0.234 e. The fourth-order valence-electron chi connectivity index (χ4n) is 2.67. The lowest BCUT2D eigenvalue weighted by atomic mass is 10.2. The second kappa shape index (κ2) is 9.77. The van der Waals surface area contributed by atoms with Crippen LogP contribution >= 0.6 is 23.4 Å². The Balaban J connectivity index is 1.71. The number of halogens is 1. The van der Waals surface area contributed by atoms with Gasteiger partial charge in [0.25, 0.3) is 0 Å². The summed E-state index contributed by atoms with van der Waals surface area (Å²) in [5.41, 5.74) is 1.55. The molecule has 28 heavy (non-hydrogen) atoms. The van der Waals surface area contributed by atoms with Gasteiger partial charge in [0.05, 0.1) is 17.6 Å². The normalized spacial score (nSPS) is 11.0. The van der Waals surface area contributed by atoms with Crippen molar-refractivity contribution in [3.8, 4) is 11.4 Å². The van der Waals surface area contributed by atoms with E-state index in [1.807, 2.05) is 17.6 Å². The highest BCUT2D eigenvalue weighted by molar-refractivity contribution is 7.99. The lowest BCUT2D eigenvalue weighted by molar-refractivity contribution is -0.113. The van der Waals surface area contributed by atoms with Crippen LogP contribution in [0.15, 0.2) is 46.2 Å². The van der Waals surface area contributed by atoms with Crippen LogP contribution < -0.4 is 5.32 Å². The van der Waals surface area contributed by atoms with E-state index in [4.69, 9.17) is 20.8 Å². The molecular weight excluding hydrogens is 400 g/mol. The van der Waals surface area contributed by atoms with E-state index >= 15 is 0 Å². The molecular formula is C19H21ClN4O3S. The number of rotatable bonds is 9. The maximum absolute atomic E-state index is 12.3. The quantitative estimate of drug-likeness (QED) is 0.411. The monoisotopic (exact) mass is 420 g/mol. The lowest BCUT2D eigenvalue weighted by Crippen LogP contribution is -2.15. The Labute approximate surface area is 172 Å². The molecule has 9 heteroatoms. The third kappa shape index (κ3) is 5.15. The van der Waals surface area contributed by atoms with Crippen molar-refractivity contribution < 1.29 is 13.9 Å². The number of furan rings is 1. The third-order valence-corrected chi connectivity index (χ3v) is 5.19. The van der Waals surface area contributed by atoms with Crippen LogP contribution in [0, 0.1) is 6.92 Å². The molecule has 0 spiro atoms. The number of nitrogens with one attached hydrogen (secondary N) is 1. The summed E-state index contributed by atoms with van der Waals surface area (Å²) in [5, 5.41) is 12.7. The smallest absolute Gasteiger partial charge is 0.234 e. The van der Waals surface area contributed by atoms with Crippen molar-refractivity contribution in [2.45, 2.75) is 25.0 Å². The summed E-state index contributed by atoms with van der Waals surface area (Å²) in [5.74, 6) is 1.56. The highest BCUT2D eigenvalue weighted by Crippen LogP contribution is 2.27. The fraction of sp³-hybridized carbons (Fsp3) is 0.316. The van der Waals surface area contributed by atoms with Crippen LogP contribution in [0.4, 0.5) is 5.69 Å². The van der Waals surface area contributed by atoms with Gasteiger partial charge in [0, 0.05) is 31.0 Å². The molecule has 1 aromatic carbocycles. The number of methoxy groups -OCH3 is 1. The third-order valence-electron chi connectivity index (χ3n) is 3.99. The highest BCUT2D eigenvalue weighted by atomic mass is 35.5. The van der Waals surface area contributed by atoms with E-state index in [1.165, 1.54) is 11.8 Å². The van der Waals surface area contributed by atoms with Gasteiger partial charge in [0.15, 0.2) is 11.0 Å². The van der Waals surface area contributed by atoms with Crippen LogP contribution in [0.5, 0.6) is 0 Å². The Hall–Kier alpha value is -2.29. The predicted octanol–water partition coefficient (Wildman–Crippen LogP) is 4.27. The van der Waals surface area contributed by atoms with Crippen LogP contribution in [0.1, 0.15) is 12.2 Å². The summed E-state index contributed by atoms with van der Waals surface area (Å²) in [6.45, 7) is 3.19. The minimum atomic E-state index is -0.139. The molecule has 0 aliphatic heterocycles. The fourth-order valence-corrected chi connectivity index (χ4v) is 3.63. The van der Waals surface area contributed by atoms with Gasteiger partial charge >= 0.3 is 0 Å². The first-order valence-corrected chi connectivity index (χ1v) is 10.1. The van der Waals surface area contributed by atoms with Gasteiger partial charge in [-0.2, -0.15) is 0 Å². The first-order chi connectivity index (χ1) is 13.6. The van der Waals surface area contributed by atoms with Gasteiger partial charge in [-0.1, -0.05) is 29.4 Å². The standard InChI is InChI=1S/C19H21ClN4O3S/c1-13-16(7-10-27-13)18-22-23-19(24(18)8-4-9-26-2)28-12-17(25)21-15-6-3-5-14(20)11-15/h3,5-7,10-11H,4,8-9,12H2,1-2H3,(H,21,25). The molecule has 0 atom stereocenters. The first-order valence-electron chi connectivity index (χ1n) is 8.73. The summed E-state index contributed by atoms with van der Waals surface area (Å²) in [6, 6.07) is 8.91. The van der Waals surface area contributed by atoms with E-state index in [9.17, 15) is 4.79 Å². The molecule has 2 heterocycles. The maximum atomic E-state index is 12.3. The van der Waals surface area contributed by atoms with Gasteiger partial charge in [-0.05, 0) is 37.6 Å². The molecule has 7 nitrogen and oxygen atoms in total. The van der Waals surface area contributed by atoms with Crippen LogP contribution in [-0.2, 0) is 16.1 Å². The first kappa shape index (κ1) is 20.4. The molecule has 0 aliphatic carbocycles. The van der Waals surface area contributed by atoms with Crippen LogP contribution in [0.3, 0.4) is 0 Å². The molecule has 0 aliphatic rings. The molecule has 0 fully saturated rings. The molecule has 1 N–H and O–H groups in total. The van der Waals surface area contributed by atoms with Gasteiger partial charge in [-0.3, -0.25) is 4.79 Å². The SMILES string of the molecule is COCCCn1c(SCC(=O)Nc2cccc(Cl)c2)nnc1-c1ccoc1C. The van der Waals surface area contributed by atoms with Crippen molar-refractivity contribution >= 4 is 35.0 Å². The largest absolute Gasteiger partial charge is 0.469 e. The summed E-state index contributed by atoms with van der Waals surface area (Å²) in [4.78, 5) is 12.3. The van der Waals surface area contributed by atoms with E-state index in [1.54, 1.807) is 37.6 Å². The van der Waals surface area contributed by atoms with Crippen molar-refractivity contribution in [2.75, 3.05) is 24.8 Å². The van der Waals surface area contributed by atoms with Gasteiger partial charge < -0.3 is 19.0 Å². The van der Waals surface area contributed by atoms with E-state index in [0.717, 1.165) is 23.6 Å². The minimum absolute atomic E-state index is 0.139. The van der Waals surface area contributed by atoms with Crippen molar-refractivity contribution in [2.24, 2.45) is 0 Å². The lowest BCUT2D eigenvalue weighted by Gasteiger charge is -2.10. The summed E-state index contributed by atoms with van der Waals surface area (Å²) in [7, 11) is 1.67. The zero-order valence-electron chi connectivity index (χ0n) is 15.6. The van der Waals surface area contributed by atoms with Crippen molar-refractivity contribution in [3.63, 3.8) is 0 Å². The molecule has 0 radical (unpaired) electrons. The number of carbonyl (C=O) groups is 1. The number of amides is 1. The summed E-state index contributed by atoms with van der Waals surface area (Å²) >= 11 is 7.28. The van der Waals surface area contributed by atoms with E-state index in [2.05, 4.69) is 15.5 Å². The average molecular weight is 421 g/mol. The van der Waals surface area contributed by atoms with Gasteiger partial charge in [0.1, 0.15) is 5.76 Å². The molecule has 2 aromatic heterocycles. The zero-order valence-corrected chi connectivity index (χ0v) is 17.2. The Morgan fingerprint density at radius 1 is 1.36 bits per heavy atom. The molecule has 0 saturated heterocycles. The number of hydrogen-bond donors (Lipinski definition) is 1. The van der Waals surface area contributed by atoms with Crippen LogP contribution in [0.2, 0.25) is 5.02 Å². The van der Waals surface area contributed by atoms with Crippen LogP contribution in [0.25, 0.3) is 11.4 Å². The highest BCUT2D eigenvalue weighted by Gasteiger charge is 2.18. The molecule has 3 rings (SSSR count). The Morgan fingerprint density at radius 3 is 2.93 bits per heavy atom. The number of hydrogen-bond acceptors (Lipinski definition) is 6. The Morgan fingerprint density at radius 2 is 2.21 bits per heavy atom. The topological polar surface area (TPSA) is 82.2 Å². The number of ether oxygens (including phenoxy) is 1. The van der Waals surface area contributed by atoms with E-state index in [0.29, 0.717) is 29.0 Å². The van der Waals surface area contributed by atoms with Crippen LogP contribution in [-0.4, -0.2) is 40.1 Å². The second-order valence-electron chi connectivity index (χ2n) is 6.04. The zero-order chi connectivity index (χ0) is 19.9. The average Bonchev–Trinajstić information content (AvgIpc) is 3.26. The number of carbonyl (C=O) groups excluding carboxylic acids is 1. The molecule has 0 unspecified atom stereocenters. The predicted molar refractivity (Wildman–Crippen MR) is 110 cm³/mol.